The molecule has 0 saturated carbocycles. The predicted octanol–water partition coefficient (Wildman–Crippen LogP) is 2.75. The second kappa shape index (κ2) is 6.44. The molecule has 0 N–H and O–H groups in total. The number of carbonyl (C=O) groups is 3. The molecular formula is C19H18N2O3S. The highest BCUT2D eigenvalue weighted by Crippen LogP contribution is 2.31. The Morgan fingerprint density at radius 1 is 1.00 bits per heavy atom. The number of piperidine rings is 1. The van der Waals surface area contributed by atoms with Crippen LogP contribution in [0.3, 0.4) is 0 Å². The number of imide groups is 1. The number of likely N-dealkylation sites (tertiary alicyclic amines) is 1. The zero-order chi connectivity index (χ0) is 17.4. The summed E-state index contributed by atoms with van der Waals surface area (Å²) in [6, 6.07) is 10.9. The van der Waals surface area contributed by atoms with Crippen LogP contribution in [0.25, 0.3) is 0 Å². The minimum Gasteiger partial charge on any atom is -0.341 e. The van der Waals surface area contributed by atoms with Gasteiger partial charge in [0.05, 0.1) is 11.1 Å². The van der Waals surface area contributed by atoms with Gasteiger partial charge in [0.1, 0.15) is 6.54 Å². The summed E-state index contributed by atoms with van der Waals surface area (Å²) < 4.78 is 0. The summed E-state index contributed by atoms with van der Waals surface area (Å²) in [5, 5.41) is 2.08. The normalized spacial score (nSPS) is 17.9. The van der Waals surface area contributed by atoms with E-state index in [1.807, 2.05) is 0 Å². The van der Waals surface area contributed by atoms with Crippen molar-refractivity contribution in [2.75, 3.05) is 19.6 Å². The summed E-state index contributed by atoms with van der Waals surface area (Å²) in [5.74, 6) is -0.396. The monoisotopic (exact) mass is 354 g/mol. The molecule has 1 aromatic carbocycles. The molecule has 0 unspecified atom stereocenters. The predicted molar refractivity (Wildman–Crippen MR) is 94.7 cm³/mol. The zero-order valence-corrected chi connectivity index (χ0v) is 14.5. The maximum atomic E-state index is 12.6. The van der Waals surface area contributed by atoms with Crippen LogP contribution in [0.1, 0.15) is 44.4 Å². The summed E-state index contributed by atoms with van der Waals surface area (Å²) in [6.45, 7) is 1.17. The van der Waals surface area contributed by atoms with E-state index in [2.05, 4.69) is 17.5 Å². The molecule has 5 nitrogen and oxygen atoms in total. The number of hydrogen-bond acceptors (Lipinski definition) is 4. The molecule has 2 aliphatic heterocycles. The summed E-state index contributed by atoms with van der Waals surface area (Å²) >= 11 is 1.76. The molecular weight excluding hydrogens is 336 g/mol. The average Bonchev–Trinajstić information content (AvgIpc) is 3.26. The van der Waals surface area contributed by atoms with E-state index in [4.69, 9.17) is 0 Å². The SMILES string of the molecule is O=C(CN1C(=O)c2ccccc2C1=O)N1CCC(c2cccs2)CC1. The second-order valence-electron chi connectivity index (χ2n) is 6.41. The van der Waals surface area contributed by atoms with Crippen LogP contribution in [0.4, 0.5) is 0 Å². The van der Waals surface area contributed by atoms with Crippen molar-refractivity contribution in [1.82, 2.24) is 9.80 Å². The van der Waals surface area contributed by atoms with Crippen molar-refractivity contribution in [3.8, 4) is 0 Å². The van der Waals surface area contributed by atoms with Crippen LogP contribution >= 0.6 is 11.3 Å². The number of nitrogens with zero attached hydrogens (tertiary/aromatic N) is 2. The first-order valence-electron chi connectivity index (χ1n) is 8.41. The van der Waals surface area contributed by atoms with Gasteiger partial charge in [-0.3, -0.25) is 19.3 Å². The van der Waals surface area contributed by atoms with Gasteiger partial charge in [0.25, 0.3) is 11.8 Å². The molecule has 1 saturated heterocycles. The molecule has 2 aromatic rings. The summed E-state index contributed by atoms with van der Waals surface area (Å²) in [6.07, 6.45) is 1.85. The van der Waals surface area contributed by atoms with Crippen LogP contribution in [0, 0.1) is 0 Å². The van der Waals surface area contributed by atoms with E-state index in [0.29, 0.717) is 30.1 Å². The van der Waals surface area contributed by atoms with E-state index >= 15 is 0 Å². The first-order chi connectivity index (χ1) is 12.1. The molecule has 6 heteroatoms. The first-order valence-corrected chi connectivity index (χ1v) is 9.29. The highest BCUT2D eigenvalue weighted by Gasteiger charge is 2.37. The van der Waals surface area contributed by atoms with Gasteiger partial charge in [-0.15, -0.1) is 11.3 Å². The third-order valence-electron chi connectivity index (χ3n) is 4.96. The number of hydrogen-bond donors (Lipinski definition) is 0. The molecule has 3 heterocycles. The molecule has 0 atom stereocenters. The van der Waals surface area contributed by atoms with Crippen molar-refractivity contribution < 1.29 is 14.4 Å². The van der Waals surface area contributed by atoms with Gasteiger partial charge in [0.2, 0.25) is 5.91 Å². The Morgan fingerprint density at radius 3 is 2.20 bits per heavy atom. The molecule has 0 radical (unpaired) electrons. The molecule has 1 aromatic heterocycles. The van der Waals surface area contributed by atoms with Gasteiger partial charge < -0.3 is 4.90 Å². The number of fused-ring (bicyclic) bond motifs is 1. The molecule has 25 heavy (non-hydrogen) atoms. The molecule has 1 fully saturated rings. The third kappa shape index (κ3) is 2.87. The van der Waals surface area contributed by atoms with E-state index in [9.17, 15) is 14.4 Å². The maximum Gasteiger partial charge on any atom is 0.262 e. The Bertz CT molecular complexity index is 788. The smallest absolute Gasteiger partial charge is 0.262 e. The van der Waals surface area contributed by atoms with Crippen LogP contribution < -0.4 is 0 Å². The van der Waals surface area contributed by atoms with Gasteiger partial charge in [-0.1, -0.05) is 18.2 Å². The summed E-state index contributed by atoms with van der Waals surface area (Å²) in [5.41, 5.74) is 0.772. The van der Waals surface area contributed by atoms with Gasteiger partial charge in [0.15, 0.2) is 0 Å². The van der Waals surface area contributed by atoms with Gasteiger partial charge in [-0.25, -0.2) is 0 Å². The lowest BCUT2D eigenvalue weighted by Gasteiger charge is -2.32. The van der Waals surface area contributed by atoms with E-state index in [-0.39, 0.29) is 24.3 Å². The first kappa shape index (κ1) is 16.0. The Hall–Kier alpha value is -2.47. The van der Waals surface area contributed by atoms with Crippen LogP contribution in [-0.4, -0.2) is 47.2 Å². The van der Waals surface area contributed by atoms with Gasteiger partial charge in [-0.2, -0.15) is 0 Å². The Morgan fingerprint density at radius 2 is 1.64 bits per heavy atom. The topological polar surface area (TPSA) is 57.7 Å². The van der Waals surface area contributed by atoms with Crippen molar-refractivity contribution >= 4 is 29.1 Å². The van der Waals surface area contributed by atoms with E-state index in [1.54, 1.807) is 40.5 Å². The van der Waals surface area contributed by atoms with Crippen molar-refractivity contribution in [2.24, 2.45) is 0 Å². The molecule has 0 bridgehead atoms. The van der Waals surface area contributed by atoms with E-state index < -0.39 is 0 Å². The number of benzene rings is 1. The second-order valence-corrected chi connectivity index (χ2v) is 7.39. The van der Waals surface area contributed by atoms with E-state index in [0.717, 1.165) is 17.7 Å². The van der Waals surface area contributed by atoms with Crippen LogP contribution in [0.15, 0.2) is 41.8 Å². The lowest BCUT2D eigenvalue weighted by Crippen LogP contribution is -2.45. The average molecular weight is 354 g/mol. The molecule has 3 amide bonds. The third-order valence-corrected chi connectivity index (χ3v) is 6.00. The largest absolute Gasteiger partial charge is 0.341 e. The highest BCUT2D eigenvalue weighted by molar-refractivity contribution is 7.10. The van der Waals surface area contributed by atoms with Crippen LogP contribution in [0.2, 0.25) is 0 Å². The number of thiophene rings is 1. The zero-order valence-electron chi connectivity index (χ0n) is 13.7. The Labute approximate surface area is 149 Å². The number of carbonyl (C=O) groups excluding carboxylic acids is 3. The fourth-order valence-electron chi connectivity index (χ4n) is 3.55. The quantitative estimate of drug-likeness (QED) is 0.797. The minimum absolute atomic E-state index is 0.154. The molecule has 0 aliphatic carbocycles. The van der Waals surface area contributed by atoms with Crippen LogP contribution in [0.5, 0.6) is 0 Å². The highest BCUT2D eigenvalue weighted by atomic mass is 32.1. The van der Waals surface area contributed by atoms with Gasteiger partial charge in [0, 0.05) is 18.0 Å². The lowest BCUT2D eigenvalue weighted by molar-refractivity contribution is -0.132. The standard InChI is InChI=1S/C19H18N2O3S/c22-17(20-9-7-13(8-10-20)16-6-3-11-25-16)12-21-18(23)14-4-1-2-5-15(14)19(21)24/h1-6,11,13H,7-10,12H2. The van der Waals surface area contributed by atoms with Crippen molar-refractivity contribution in [1.29, 1.82) is 0 Å². The number of amides is 3. The lowest BCUT2D eigenvalue weighted by atomic mass is 9.95. The molecule has 4 rings (SSSR count). The summed E-state index contributed by atoms with van der Waals surface area (Å²) in [4.78, 5) is 41.5. The van der Waals surface area contributed by atoms with Gasteiger partial charge in [-0.05, 0) is 42.3 Å². The fraction of sp³-hybridized carbons (Fsp3) is 0.316. The van der Waals surface area contributed by atoms with E-state index in [1.165, 1.54) is 4.88 Å². The minimum atomic E-state index is -0.373. The summed E-state index contributed by atoms with van der Waals surface area (Å²) in [7, 11) is 0. The van der Waals surface area contributed by atoms with Crippen molar-refractivity contribution in [2.45, 2.75) is 18.8 Å². The Balaban J connectivity index is 1.39. The van der Waals surface area contributed by atoms with Crippen LogP contribution in [-0.2, 0) is 4.79 Å². The molecule has 2 aliphatic rings. The Kier molecular flexibility index (Phi) is 4.13. The number of rotatable bonds is 3. The van der Waals surface area contributed by atoms with Crippen molar-refractivity contribution in [3.05, 3.63) is 57.8 Å². The van der Waals surface area contributed by atoms with Gasteiger partial charge >= 0.3 is 0 Å². The maximum absolute atomic E-state index is 12.6. The fourth-order valence-corrected chi connectivity index (χ4v) is 4.45. The molecule has 0 spiro atoms. The molecule has 128 valence electrons. The van der Waals surface area contributed by atoms with Crippen molar-refractivity contribution in [3.63, 3.8) is 0 Å².